The van der Waals surface area contributed by atoms with Gasteiger partial charge in [-0.25, -0.2) is 0 Å². The van der Waals surface area contributed by atoms with E-state index in [0.29, 0.717) is 23.7 Å². The van der Waals surface area contributed by atoms with E-state index in [2.05, 4.69) is 27.4 Å². The van der Waals surface area contributed by atoms with Crippen LogP contribution < -0.4 is 0 Å². The average Bonchev–Trinajstić information content (AvgIpc) is 3.05. The van der Waals surface area contributed by atoms with Crippen molar-refractivity contribution in [1.82, 2.24) is 0 Å². The van der Waals surface area contributed by atoms with Crippen LogP contribution in [-0.4, -0.2) is 23.7 Å². The molecule has 2 saturated heterocycles. The van der Waals surface area contributed by atoms with Gasteiger partial charge in [-0.15, -0.1) is 0 Å². The second-order valence-corrected chi connectivity index (χ2v) is 9.41. The monoisotopic (exact) mass is 334 g/mol. The van der Waals surface area contributed by atoms with Gasteiger partial charge in [0.05, 0.1) is 6.42 Å². The van der Waals surface area contributed by atoms with E-state index in [1.54, 1.807) is 0 Å². The first kappa shape index (κ1) is 16.6. The molecule has 0 spiro atoms. The fraction of sp³-hybridized carbons (Fsp3) is 0.850. The van der Waals surface area contributed by atoms with Crippen molar-refractivity contribution >= 4 is 5.97 Å². The van der Waals surface area contributed by atoms with Gasteiger partial charge >= 0.3 is 5.97 Å². The number of ether oxygens (including phenoxy) is 2. The lowest BCUT2D eigenvalue weighted by molar-refractivity contribution is -0.196. The number of esters is 1. The third-order valence-electron chi connectivity index (χ3n) is 7.67. The van der Waals surface area contributed by atoms with Crippen molar-refractivity contribution in [3.63, 3.8) is 0 Å². The SMILES string of the molecule is C=C1CCCC(C)(C)C2CC[C@@](C)(C3[C@@H](O)O[C@H]4OC(=O)C[C@@H]34)C12. The summed E-state index contributed by atoms with van der Waals surface area (Å²) in [6, 6.07) is 0. The van der Waals surface area contributed by atoms with Gasteiger partial charge in [-0.05, 0) is 54.8 Å². The minimum atomic E-state index is -0.837. The summed E-state index contributed by atoms with van der Waals surface area (Å²) in [5.41, 5.74) is 1.57. The van der Waals surface area contributed by atoms with Gasteiger partial charge in [-0.1, -0.05) is 32.9 Å². The van der Waals surface area contributed by atoms with Crippen molar-refractivity contribution in [3.05, 3.63) is 12.2 Å². The molecular weight excluding hydrogens is 304 g/mol. The summed E-state index contributed by atoms with van der Waals surface area (Å²) in [4.78, 5) is 11.7. The molecule has 7 atom stereocenters. The molecule has 4 heteroatoms. The topological polar surface area (TPSA) is 55.8 Å². The Morgan fingerprint density at radius 1 is 1.25 bits per heavy atom. The number of hydrogen-bond donors (Lipinski definition) is 1. The highest BCUT2D eigenvalue weighted by molar-refractivity contribution is 5.72. The Bertz CT molecular complexity index is 568. The molecule has 2 aliphatic heterocycles. The van der Waals surface area contributed by atoms with Crippen LogP contribution in [0.15, 0.2) is 12.2 Å². The molecule has 134 valence electrons. The number of carbonyl (C=O) groups is 1. The van der Waals surface area contributed by atoms with Crippen molar-refractivity contribution in [2.24, 2.45) is 34.5 Å². The molecule has 0 bridgehead atoms. The summed E-state index contributed by atoms with van der Waals surface area (Å²) in [6.45, 7) is 11.5. The third kappa shape index (κ3) is 2.22. The Labute approximate surface area is 144 Å². The predicted octanol–water partition coefficient (Wildman–Crippen LogP) is 3.64. The molecule has 2 heterocycles. The molecule has 4 fully saturated rings. The van der Waals surface area contributed by atoms with Crippen molar-refractivity contribution in [2.75, 3.05) is 0 Å². The number of allylic oxidation sites excluding steroid dienone is 1. The van der Waals surface area contributed by atoms with E-state index in [9.17, 15) is 9.90 Å². The van der Waals surface area contributed by atoms with Crippen molar-refractivity contribution in [2.45, 2.75) is 71.9 Å². The van der Waals surface area contributed by atoms with E-state index >= 15 is 0 Å². The van der Waals surface area contributed by atoms with Crippen molar-refractivity contribution in [3.8, 4) is 0 Å². The van der Waals surface area contributed by atoms with Crippen LogP contribution in [0.2, 0.25) is 0 Å². The fourth-order valence-corrected chi connectivity index (χ4v) is 6.55. The number of rotatable bonds is 1. The first-order valence-corrected chi connectivity index (χ1v) is 9.45. The number of aliphatic hydroxyl groups is 1. The van der Waals surface area contributed by atoms with Gasteiger partial charge < -0.3 is 14.6 Å². The van der Waals surface area contributed by atoms with Crippen LogP contribution in [0.5, 0.6) is 0 Å². The van der Waals surface area contributed by atoms with Crippen LogP contribution in [0.4, 0.5) is 0 Å². The second-order valence-electron chi connectivity index (χ2n) is 9.41. The van der Waals surface area contributed by atoms with E-state index in [0.717, 1.165) is 12.8 Å². The Balaban J connectivity index is 1.71. The maximum atomic E-state index is 11.7. The molecule has 4 aliphatic rings. The maximum absolute atomic E-state index is 11.7. The minimum Gasteiger partial charge on any atom is -0.435 e. The van der Waals surface area contributed by atoms with Gasteiger partial charge in [0.1, 0.15) is 0 Å². The summed E-state index contributed by atoms with van der Waals surface area (Å²) in [5, 5.41) is 10.6. The lowest BCUT2D eigenvalue weighted by Crippen LogP contribution is -2.43. The highest BCUT2D eigenvalue weighted by Gasteiger charge is 2.63. The number of fused-ring (bicyclic) bond motifs is 2. The first-order valence-electron chi connectivity index (χ1n) is 9.45. The van der Waals surface area contributed by atoms with Crippen LogP contribution in [0.1, 0.15) is 59.3 Å². The Hall–Kier alpha value is -0.870. The molecular formula is C20H30O4. The Kier molecular flexibility index (Phi) is 3.67. The van der Waals surface area contributed by atoms with Crippen LogP contribution in [0, 0.1) is 34.5 Å². The van der Waals surface area contributed by atoms with Gasteiger partial charge in [-0.2, -0.15) is 0 Å². The van der Waals surface area contributed by atoms with Crippen LogP contribution >= 0.6 is 0 Å². The molecule has 4 rings (SSSR count). The Morgan fingerprint density at radius 2 is 2.00 bits per heavy atom. The zero-order valence-corrected chi connectivity index (χ0v) is 15.1. The molecule has 0 aromatic heterocycles. The zero-order valence-electron chi connectivity index (χ0n) is 15.1. The summed E-state index contributed by atoms with van der Waals surface area (Å²) in [5.74, 6) is 0.736. The molecule has 3 unspecified atom stereocenters. The first-order chi connectivity index (χ1) is 11.2. The fourth-order valence-electron chi connectivity index (χ4n) is 6.55. The largest absolute Gasteiger partial charge is 0.435 e. The molecule has 0 radical (unpaired) electrons. The van der Waals surface area contributed by atoms with Gasteiger partial charge in [0.15, 0.2) is 6.29 Å². The van der Waals surface area contributed by atoms with Crippen molar-refractivity contribution in [1.29, 1.82) is 0 Å². The van der Waals surface area contributed by atoms with Gasteiger partial charge in [0, 0.05) is 11.8 Å². The second kappa shape index (κ2) is 5.31. The third-order valence-corrected chi connectivity index (χ3v) is 7.67. The molecule has 24 heavy (non-hydrogen) atoms. The summed E-state index contributed by atoms with van der Waals surface area (Å²) < 4.78 is 10.9. The highest BCUT2D eigenvalue weighted by atomic mass is 16.8. The average molecular weight is 334 g/mol. The number of hydrogen-bond acceptors (Lipinski definition) is 4. The quantitative estimate of drug-likeness (QED) is 0.587. The standard InChI is InChI=1S/C20H30O4/c1-11-6-5-8-19(2,3)13-7-9-20(4,15(11)13)16-12-10-14(21)23-18(12)24-17(16)22/h12-13,15-18,22H,1,5-10H2,2-4H3/t12-,13?,15?,16?,17-,18+,20+/m0/s1. The van der Waals surface area contributed by atoms with Crippen LogP contribution in [0.25, 0.3) is 0 Å². The van der Waals surface area contributed by atoms with Gasteiger partial charge in [0.2, 0.25) is 6.29 Å². The molecule has 0 aromatic carbocycles. The minimum absolute atomic E-state index is 0.0181. The van der Waals surface area contributed by atoms with E-state index < -0.39 is 12.6 Å². The summed E-state index contributed by atoms with van der Waals surface area (Å²) in [7, 11) is 0. The number of aliphatic hydroxyl groups excluding tert-OH is 1. The lowest BCUT2D eigenvalue weighted by atomic mass is 9.59. The van der Waals surface area contributed by atoms with E-state index in [4.69, 9.17) is 9.47 Å². The van der Waals surface area contributed by atoms with Gasteiger partial charge in [-0.3, -0.25) is 4.79 Å². The molecule has 4 nitrogen and oxygen atoms in total. The van der Waals surface area contributed by atoms with E-state index in [1.807, 2.05) is 0 Å². The zero-order chi connectivity index (χ0) is 17.3. The molecule has 2 saturated carbocycles. The molecule has 1 N–H and O–H groups in total. The summed E-state index contributed by atoms with van der Waals surface area (Å²) >= 11 is 0. The maximum Gasteiger partial charge on any atom is 0.308 e. The van der Waals surface area contributed by atoms with Crippen molar-refractivity contribution < 1.29 is 19.4 Å². The number of carbonyl (C=O) groups excluding carboxylic acids is 1. The van der Waals surface area contributed by atoms with Gasteiger partial charge in [0.25, 0.3) is 0 Å². The predicted molar refractivity (Wildman–Crippen MR) is 89.7 cm³/mol. The Morgan fingerprint density at radius 3 is 2.75 bits per heavy atom. The highest BCUT2D eigenvalue weighted by Crippen LogP contribution is 2.65. The van der Waals surface area contributed by atoms with E-state index in [1.165, 1.54) is 24.8 Å². The molecule has 0 amide bonds. The normalized spacial score (nSPS) is 50.3. The molecule has 2 aliphatic carbocycles. The molecule has 0 aromatic rings. The van der Waals surface area contributed by atoms with E-state index in [-0.39, 0.29) is 23.2 Å². The lowest BCUT2D eigenvalue weighted by Gasteiger charge is -2.44. The summed E-state index contributed by atoms with van der Waals surface area (Å²) in [6.07, 6.45) is 4.72. The smallest absolute Gasteiger partial charge is 0.308 e. The van der Waals surface area contributed by atoms with Crippen LogP contribution in [0.3, 0.4) is 0 Å². The van der Waals surface area contributed by atoms with Crippen LogP contribution in [-0.2, 0) is 14.3 Å².